The highest BCUT2D eigenvalue weighted by Crippen LogP contribution is 2.08. The maximum absolute atomic E-state index is 11.6. The minimum Gasteiger partial charge on any atom is -0.394 e. The van der Waals surface area contributed by atoms with Gasteiger partial charge in [0.05, 0.1) is 19.3 Å². The Morgan fingerprint density at radius 1 is 1.50 bits per heavy atom. The van der Waals surface area contributed by atoms with Crippen molar-refractivity contribution in [2.75, 3.05) is 20.3 Å². The molecule has 1 aromatic carbocycles. The molecule has 0 aromatic heterocycles. The van der Waals surface area contributed by atoms with Crippen molar-refractivity contribution in [3.8, 4) is 0 Å². The van der Waals surface area contributed by atoms with E-state index < -0.39 is 0 Å². The molecular weight excluding hydrogens is 230 g/mol. The van der Waals surface area contributed by atoms with Crippen LogP contribution in [0.4, 0.5) is 0 Å². The lowest BCUT2D eigenvalue weighted by atomic mass is 10.1. The smallest absolute Gasteiger partial charge is 0.244 e. The van der Waals surface area contributed by atoms with Crippen LogP contribution in [0, 0.1) is 6.92 Å². The molecule has 1 atom stereocenters. The molecule has 0 saturated carbocycles. The quantitative estimate of drug-likeness (QED) is 0.743. The topological polar surface area (TPSA) is 58.6 Å². The molecule has 1 amide bonds. The Morgan fingerprint density at radius 2 is 2.22 bits per heavy atom. The number of hydrogen-bond donors (Lipinski definition) is 2. The molecule has 1 rings (SSSR count). The number of amides is 1. The average Bonchev–Trinajstić information content (AvgIpc) is 2.37. The van der Waals surface area contributed by atoms with Gasteiger partial charge in [0.25, 0.3) is 0 Å². The van der Waals surface area contributed by atoms with Gasteiger partial charge in [0, 0.05) is 13.2 Å². The Kier molecular flexibility index (Phi) is 6.11. The fourth-order valence-corrected chi connectivity index (χ4v) is 1.53. The van der Waals surface area contributed by atoms with Crippen LogP contribution in [0.1, 0.15) is 11.1 Å². The molecule has 98 valence electrons. The molecule has 1 aromatic rings. The summed E-state index contributed by atoms with van der Waals surface area (Å²) in [6, 6.07) is 7.43. The van der Waals surface area contributed by atoms with Crippen molar-refractivity contribution in [2.24, 2.45) is 0 Å². The van der Waals surface area contributed by atoms with Gasteiger partial charge in [-0.1, -0.05) is 24.3 Å². The number of aliphatic hydroxyl groups is 1. The second-order valence-corrected chi connectivity index (χ2v) is 4.03. The number of nitrogens with one attached hydrogen (secondary N) is 1. The zero-order valence-corrected chi connectivity index (χ0v) is 10.7. The van der Waals surface area contributed by atoms with Crippen LogP contribution in [-0.2, 0) is 9.53 Å². The normalized spacial score (nSPS) is 12.6. The highest BCUT2D eigenvalue weighted by molar-refractivity contribution is 5.92. The first-order valence-corrected chi connectivity index (χ1v) is 5.81. The van der Waals surface area contributed by atoms with Crippen LogP contribution < -0.4 is 5.32 Å². The highest BCUT2D eigenvalue weighted by Gasteiger charge is 2.08. The molecule has 18 heavy (non-hydrogen) atoms. The van der Waals surface area contributed by atoms with Gasteiger partial charge in [0.2, 0.25) is 5.91 Å². The monoisotopic (exact) mass is 249 g/mol. The molecule has 0 aliphatic carbocycles. The first-order chi connectivity index (χ1) is 8.67. The van der Waals surface area contributed by atoms with Crippen molar-refractivity contribution in [3.63, 3.8) is 0 Å². The lowest BCUT2D eigenvalue weighted by molar-refractivity contribution is -0.117. The second-order valence-electron chi connectivity index (χ2n) is 4.03. The third kappa shape index (κ3) is 4.69. The number of aliphatic hydroxyl groups excluding tert-OH is 1. The van der Waals surface area contributed by atoms with Crippen LogP contribution in [0.25, 0.3) is 6.08 Å². The van der Waals surface area contributed by atoms with E-state index in [1.807, 2.05) is 31.2 Å². The van der Waals surface area contributed by atoms with E-state index in [4.69, 9.17) is 9.84 Å². The summed E-state index contributed by atoms with van der Waals surface area (Å²) in [5.74, 6) is -0.241. The van der Waals surface area contributed by atoms with Crippen LogP contribution in [0.5, 0.6) is 0 Å². The summed E-state index contributed by atoms with van der Waals surface area (Å²) in [6.07, 6.45) is 3.21. The summed E-state index contributed by atoms with van der Waals surface area (Å²) in [5, 5.41) is 11.7. The number of carbonyl (C=O) groups is 1. The van der Waals surface area contributed by atoms with E-state index in [0.717, 1.165) is 11.1 Å². The predicted octanol–water partition coefficient (Wildman–Crippen LogP) is 1.13. The van der Waals surface area contributed by atoms with Gasteiger partial charge < -0.3 is 15.2 Å². The van der Waals surface area contributed by atoms with E-state index >= 15 is 0 Å². The fourth-order valence-electron chi connectivity index (χ4n) is 1.53. The highest BCUT2D eigenvalue weighted by atomic mass is 16.5. The molecule has 0 aliphatic heterocycles. The van der Waals surface area contributed by atoms with Gasteiger partial charge in [-0.3, -0.25) is 4.79 Å². The van der Waals surface area contributed by atoms with Gasteiger partial charge in [-0.15, -0.1) is 0 Å². The van der Waals surface area contributed by atoms with Crippen LogP contribution in [0.15, 0.2) is 30.3 Å². The Labute approximate surface area is 107 Å². The number of carbonyl (C=O) groups excluding carboxylic acids is 1. The number of methoxy groups -OCH3 is 1. The van der Waals surface area contributed by atoms with Gasteiger partial charge in [-0.2, -0.15) is 0 Å². The van der Waals surface area contributed by atoms with E-state index in [-0.39, 0.29) is 18.6 Å². The van der Waals surface area contributed by atoms with E-state index in [0.29, 0.717) is 6.61 Å². The Hall–Kier alpha value is -1.65. The van der Waals surface area contributed by atoms with Gasteiger partial charge in [-0.05, 0) is 24.1 Å². The molecule has 0 radical (unpaired) electrons. The maximum Gasteiger partial charge on any atom is 0.244 e. The lowest BCUT2D eigenvalue weighted by Gasteiger charge is -2.13. The first kappa shape index (κ1) is 14.4. The molecule has 4 heteroatoms. The largest absolute Gasteiger partial charge is 0.394 e. The van der Waals surface area contributed by atoms with E-state index in [9.17, 15) is 4.79 Å². The van der Waals surface area contributed by atoms with Crippen LogP contribution >= 0.6 is 0 Å². The minimum absolute atomic E-state index is 0.141. The van der Waals surface area contributed by atoms with Crippen LogP contribution in [-0.4, -0.2) is 37.4 Å². The van der Waals surface area contributed by atoms with E-state index in [2.05, 4.69) is 5.32 Å². The number of ether oxygens (including phenoxy) is 1. The van der Waals surface area contributed by atoms with E-state index in [1.54, 1.807) is 6.08 Å². The summed E-state index contributed by atoms with van der Waals surface area (Å²) < 4.78 is 4.88. The van der Waals surface area contributed by atoms with Gasteiger partial charge in [-0.25, -0.2) is 0 Å². The third-order valence-electron chi connectivity index (χ3n) is 2.54. The molecule has 2 N–H and O–H groups in total. The number of aryl methyl sites for hydroxylation is 1. The zero-order chi connectivity index (χ0) is 13.4. The van der Waals surface area contributed by atoms with Gasteiger partial charge >= 0.3 is 0 Å². The molecule has 0 aliphatic rings. The van der Waals surface area contributed by atoms with Crippen molar-refractivity contribution < 1.29 is 14.6 Å². The van der Waals surface area contributed by atoms with Crippen molar-refractivity contribution in [3.05, 3.63) is 41.5 Å². The molecule has 0 heterocycles. The number of hydrogen-bond acceptors (Lipinski definition) is 3. The molecule has 0 spiro atoms. The molecule has 0 bridgehead atoms. The van der Waals surface area contributed by atoms with Crippen molar-refractivity contribution >= 4 is 12.0 Å². The zero-order valence-electron chi connectivity index (χ0n) is 10.7. The van der Waals surface area contributed by atoms with Crippen molar-refractivity contribution in [1.82, 2.24) is 5.32 Å². The summed E-state index contributed by atoms with van der Waals surface area (Å²) >= 11 is 0. The molecule has 4 nitrogen and oxygen atoms in total. The molecule has 1 unspecified atom stereocenters. The Balaban J connectivity index is 2.57. The van der Waals surface area contributed by atoms with Crippen molar-refractivity contribution in [1.29, 1.82) is 0 Å². The predicted molar refractivity (Wildman–Crippen MR) is 71.1 cm³/mol. The van der Waals surface area contributed by atoms with Gasteiger partial charge in [0.1, 0.15) is 0 Å². The molecule has 0 fully saturated rings. The number of rotatable bonds is 6. The summed E-state index contributed by atoms with van der Waals surface area (Å²) in [5.41, 5.74) is 2.11. The maximum atomic E-state index is 11.6. The fraction of sp³-hybridized carbons (Fsp3) is 0.357. The molecular formula is C14H19NO3. The van der Waals surface area contributed by atoms with Gasteiger partial charge in [0.15, 0.2) is 0 Å². The average molecular weight is 249 g/mol. The third-order valence-corrected chi connectivity index (χ3v) is 2.54. The Bertz CT molecular complexity index is 415. The lowest BCUT2D eigenvalue weighted by Crippen LogP contribution is -2.39. The minimum atomic E-state index is -0.371. The standard InChI is InChI=1S/C14H19NO3/c1-11-5-3-4-6-12(11)7-8-14(17)15-13(9-16)10-18-2/h3-8,13,16H,9-10H2,1-2H3,(H,15,17)/b8-7+. The first-order valence-electron chi connectivity index (χ1n) is 5.81. The molecule has 0 saturated heterocycles. The van der Waals surface area contributed by atoms with Crippen LogP contribution in [0.2, 0.25) is 0 Å². The van der Waals surface area contributed by atoms with E-state index in [1.165, 1.54) is 13.2 Å². The Morgan fingerprint density at radius 3 is 2.83 bits per heavy atom. The van der Waals surface area contributed by atoms with Crippen molar-refractivity contribution in [2.45, 2.75) is 13.0 Å². The summed E-state index contributed by atoms with van der Waals surface area (Å²) in [7, 11) is 1.53. The second kappa shape index (κ2) is 7.63. The number of benzene rings is 1. The summed E-state index contributed by atoms with van der Waals surface area (Å²) in [6.45, 7) is 2.14. The summed E-state index contributed by atoms with van der Waals surface area (Å²) in [4.78, 5) is 11.6. The SMILES string of the molecule is COCC(CO)NC(=O)/C=C/c1ccccc1C. The van der Waals surface area contributed by atoms with Crippen LogP contribution in [0.3, 0.4) is 0 Å².